The lowest BCUT2D eigenvalue weighted by molar-refractivity contribution is -0.382. The summed E-state index contributed by atoms with van der Waals surface area (Å²) in [6.07, 6.45) is 1.30. The Morgan fingerprint density at radius 1 is 1.35 bits per heavy atom. The first-order valence-corrected chi connectivity index (χ1v) is 5.30. The number of nitrogens with zero attached hydrogens (tertiary/aromatic N) is 2. The minimum atomic E-state index is -0.293. The number of nitrogens with one attached hydrogen (secondary N) is 1. The van der Waals surface area contributed by atoms with Gasteiger partial charge in [-0.15, -0.1) is 0 Å². The van der Waals surface area contributed by atoms with Crippen LogP contribution in [0.1, 0.15) is 18.8 Å². The summed E-state index contributed by atoms with van der Waals surface area (Å²) in [5, 5.41) is 6.66. The van der Waals surface area contributed by atoms with Crippen molar-refractivity contribution in [1.29, 1.82) is 0 Å². The molecule has 0 radical (unpaired) electrons. The van der Waals surface area contributed by atoms with Gasteiger partial charge in [0.25, 0.3) is 0 Å². The van der Waals surface area contributed by atoms with Crippen LogP contribution >= 0.6 is 0 Å². The van der Waals surface area contributed by atoms with E-state index < -0.39 is 0 Å². The summed E-state index contributed by atoms with van der Waals surface area (Å²) in [7, 11) is 0. The van der Waals surface area contributed by atoms with Gasteiger partial charge in [-0.05, 0) is 13.0 Å². The van der Waals surface area contributed by atoms with E-state index in [-0.39, 0.29) is 12.6 Å². The Labute approximate surface area is 97.8 Å². The van der Waals surface area contributed by atoms with E-state index in [1.54, 1.807) is 12.3 Å². The van der Waals surface area contributed by atoms with Crippen LogP contribution in [0.3, 0.4) is 0 Å². The van der Waals surface area contributed by atoms with Crippen molar-refractivity contribution in [1.82, 2.24) is 15.2 Å². The molecule has 0 bridgehead atoms. The molecule has 88 valence electrons. The molecule has 0 unspecified atom stereocenters. The number of hydrogen-bond donors (Lipinski definition) is 2. The molecule has 1 saturated heterocycles. The smallest absolute Gasteiger partial charge is 0.191 e. The van der Waals surface area contributed by atoms with Gasteiger partial charge in [-0.2, -0.15) is 5.10 Å². The van der Waals surface area contributed by atoms with Gasteiger partial charge < -0.3 is 15.2 Å². The van der Waals surface area contributed by atoms with Crippen LogP contribution in [0, 0.1) is 0 Å². The van der Waals surface area contributed by atoms with Gasteiger partial charge in [0.2, 0.25) is 0 Å². The van der Waals surface area contributed by atoms with Gasteiger partial charge in [-0.3, -0.25) is 10.1 Å². The quantitative estimate of drug-likeness (QED) is 0.818. The van der Waals surface area contributed by atoms with Gasteiger partial charge in [-0.25, -0.2) is 0 Å². The molecule has 17 heavy (non-hydrogen) atoms. The van der Waals surface area contributed by atoms with Crippen LogP contribution in [0.4, 0.5) is 5.82 Å². The normalized spacial score (nSPS) is 23.4. The number of hydrogen-bond acceptors (Lipinski definition) is 5. The highest BCUT2D eigenvalue weighted by Crippen LogP contribution is 2.31. The zero-order chi connectivity index (χ0) is 11.8. The fraction of sp³-hybridized carbons (Fsp3) is 0.273. The van der Waals surface area contributed by atoms with E-state index in [0.29, 0.717) is 5.82 Å². The molecule has 1 aliphatic heterocycles. The Morgan fingerprint density at radius 3 is 2.71 bits per heavy atom. The van der Waals surface area contributed by atoms with E-state index in [9.17, 15) is 0 Å². The van der Waals surface area contributed by atoms with Crippen molar-refractivity contribution in [3.05, 3.63) is 30.0 Å². The first-order chi connectivity index (χ1) is 8.22. The third-order valence-corrected chi connectivity index (χ3v) is 2.56. The van der Waals surface area contributed by atoms with Crippen LogP contribution in [-0.2, 0) is 9.47 Å². The van der Waals surface area contributed by atoms with Gasteiger partial charge in [0, 0.05) is 17.8 Å². The third kappa shape index (κ3) is 1.88. The Kier molecular flexibility index (Phi) is 2.31. The molecule has 0 aromatic carbocycles. The lowest BCUT2D eigenvalue weighted by Crippen LogP contribution is -2.31. The minimum absolute atomic E-state index is 0.132. The van der Waals surface area contributed by atoms with Gasteiger partial charge >= 0.3 is 0 Å². The summed E-state index contributed by atoms with van der Waals surface area (Å²) in [5.74, 6) is 0.449. The minimum Gasteiger partial charge on any atom is -0.382 e. The van der Waals surface area contributed by atoms with Gasteiger partial charge in [0.05, 0.1) is 11.4 Å². The van der Waals surface area contributed by atoms with Crippen LogP contribution < -0.4 is 5.73 Å². The summed E-state index contributed by atoms with van der Waals surface area (Å²) < 4.78 is 10.7. The Bertz CT molecular complexity index is 517. The molecule has 3 N–H and O–H groups in total. The summed E-state index contributed by atoms with van der Waals surface area (Å²) in [4.78, 5) is 4.30. The molecule has 1 aliphatic rings. The number of aromatic amines is 1. The fourth-order valence-electron chi connectivity index (χ4n) is 1.69. The number of anilines is 1. The highest BCUT2D eigenvalue weighted by molar-refractivity contribution is 5.57. The standard InChI is InChI=1S/C11H12N4O2/c1-6-16-11(17-6)7-2-3-8(13-5-7)9-4-10(12)15-14-9/h2-6,11H,1H3,(H3,12,14,15). The lowest BCUT2D eigenvalue weighted by Gasteiger charge is -2.33. The van der Waals surface area contributed by atoms with E-state index >= 15 is 0 Å². The number of rotatable bonds is 2. The molecule has 0 saturated carbocycles. The highest BCUT2D eigenvalue weighted by Gasteiger charge is 2.28. The third-order valence-electron chi connectivity index (χ3n) is 2.56. The first kappa shape index (κ1) is 10.2. The van der Waals surface area contributed by atoms with Crippen LogP contribution in [0.2, 0.25) is 0 Å². The van der Waals surface area contributed by atoms with Crippen molar-refractivity contribution in [2.24, 2.45) is 0 Å². The molecule has 6 heteroatoms. The zero-order valence-corrected chi connectivity index (χ0v) is 9.25. The topological polar surface area (TPSA) is 86.0 Å². The summed E-state index contributed by atoms with van der Waals surface area (Å²) in [6.45, 7) is 1.85. The molecule has 2 aromatic rings. The predicted molar refractivity (Wildman–Crippen MR) is 60.6 cm³/mol. The SMILES string of the molecule is CC1OC(c2ccc(-c3cc(N)n[nH]3)nc2)O1. The average Bonchev–Trinajstić information content (AvgIpc) is 2.72. The second kappa shape index (κ2) is 3.83. The number of aromatic nitrogens is 3. The molecular formula is C11H12N4O2. The molecule has 0 spiro atoms. The van der Waals surface area contributed by atoms with E-state index in [0.717, 1.165) is 17.0 Å². The van der Waals surface area contributed by atoms with Crippen LogP contribution in [0.25, 0.3) is 11.4 Å². The maximum absolute atomic E-state index is 5.53. The summed E-state index contributed by atoms with van der Waals surface area (Å²) in [6, 6.07) is 5.52. The van der Waals surface area contributed by atoms with E-state index in [2.05, 4.69) is 15.2 Å². The van der Waals surface area contributed by atoms with Crippen molar-refractivity contribution in [3.8, 4) is 11.4 Å². The second-order valence-electron chi connectivity index (χ2n) is 3.85. The Hall–Kier alpha value is -1.92. The van der Waals surface area contributed by atoms with Crippen LogP contribution in [-0.4, -0.2) is 21.5 Å². The largest absolute Gasteiger partial charge is 0.382 e. The molecule has 3 rings (SSSR count). The molecule has 0 atom stereocenters. The van der Waals surface area contributed by atoms with Gasteiger partial charge in [0.15, 0.2) is 12.6 Å². The van der Waals surface area contributed by atoms with Crippen molar-refractivity contribution in [2.75, 3.05) is 5.73 Å². The Morgan fingerprint density at radius 2 is 2.18 bits per heavy atom. The van der Waals surface area contributed by atoms with Crippen molar-refractivity contribution >= 4 is 5.82 Å². The van der Waals surface area contributed by atoms with Gasteiger partial charge in [-0.1, -0.05) is 6.07 Å². The zero-order valence-electron chi connectivity index (χ0n) is 9.25. The lowest BCUT2D eigenvalue weighted by atomic mass is 10.2. The number of pyridine rings is 1. The van der Waals surface area contributed by atoms with Crippen molar-refractivity contribution in [2.45, 2.75) is 19.5 Å². The number of nitrogen functional groups attached to an aromatic ring is 1. The maximum atomic E-state index is 5.53. The van der Waals surface area contributed by atoms with Gasteiger partial charge in [0.1, 0.15) is 5.82 Å². The van der Waals surface area contributed by atoms with E-state index in [1.165, 1.54) is 0 Å². The summed E-state index contributed by atoms with van der Waals surface area (Å²) >= 11 is 0. The fourth-order valence-corrected chi connectivity index (χ4v) is 1.69. The molecule has 3 heterocycles. The second-order valence-corrected chi connectivity index (χ2v) is 3.85. The maximum Gasteiger partial charge on any atom is 0.191 e. The molecule has 1 fully saturated rings. The molecule has 0 aliphatic carbocycles. The molecule has 2 aromatic heterocycles. The highest BCUT2D eigenvalue weighted by atomic mass is 16.9. The number of H-pyrrole nitrogens is 1. The first-order valence-electron chi connectivity index (χ1n) is 5.30. The molecule has 0 amide bonds. The summed E-state index contributed by atoms with van der Waals surface area (Å²) in [5.41, 5.74) is 8.00. The van der Waals surface area contributed by atoms with E-state index in [4.69, 9.17) is 15.2 Å². The van der Waals surface area contributed by atoms with Crippen molar-refractivity contribution in [3.63, 3.8) is 0 Å². The van der Waals surface area contributed by atoms with Crippen molar-refractivity contribution < 1.29 is 9.47 Å². The average molecular weight is 232 g/mol. The number of nitrogens with two attached hydrogens (primary N) is 1. The number of ether oxygens (including phenoxy) is 2. The van der Waals surface area contributed by atoms with Crippen LogP contribution in [0.5, 0.6) is 0 Å². The predicted octanol–water partition coefficient (Wildman–Crippen LogP) is 1.45. The Balaban J connectivity index is 1.80. The molecule has 6 nitrogen and oxygen atoms in total. The molecular weight excluding hydrogens is 220 g/mol. The van der Waals surface area contributed by atoms with Crippen LogP contribution in [0.15, 0.2) is 24.4 Å². The monoisotopic (exact) mass is 232 g/mol. The van der Waals surface area contributed by atoms with E-state index in [1.807, 2.05) is 19.1 Å².